The molecule has 154 valence electrons. The highest BCUT2D eigenvalue weighted by molar-refractivity contribution is 6.33. The van der Waals surface area contributed by atoms with Gasteiger partial charge < -0.3 is 15.1 Å². The normalized spacial score (nSPS) is 18.6. The first-order valence-corrected chi connectivity index (χ1v) is 11.2. The number of likely N-dealkylation sites (tertiary alicyclic amines) is 2. The van der Waals surface area contributed by atoms with Crippen LogP contribution in [0.5, 0.6) is 0 Å². The van der Waals surface area contributed by atoms with Gasteiger partial charge in [-0.3, -0.25) is 4.79 Å². The van der Waals surface area contributed by atoms with Gasteiger partial charge in [-0.05, 0) is 62.5 Å². The molecule has 2 saturated heterocycles. The van der Waals surface area contributed by atoms with Gasteiger partial charge in [0.1, 0.15) is 0 Å². The van der Waals surface area contributed by atoms with Crippen LogP contribution in [-0.4, -0.2) is 47.9 Å². The first-order chi connectivity index (χ1) is 14.2. The number of piperidine rings is 2. The van der Waals surface area contributed by atoms with Crippen LogP contribution in [0.15, 0.2) is 48.5 Å². The van der Waals surface area contributed by atoms with Crippen LogP contribution in [0.2, 0.25) is 5.02 Å². The van der Waals surface area contributed by atoms with Crippen molar-refractivity contribution in [1.29, 1.82) is 0 Å². The fourth-order valence-corrected chi connectivity index (χ4v) is 4.73. The minimum atomic E-state index is 0.0959. The molecule has 2 aromatic carbocycles. The Hall–Kier alpha value is -2.04. The predicted octanol–water partition coefficient (Wildman–Crippen LogP) is 5.04. The quantitative estimate of drug-likeness (QED) is 0.748. The van der Waals surface area contributed by atoms with Crippen molar-refractivity contribution in [3.05, 3.63) is 64.7 Å². The van der Waals surface area contributed by atoms with Crippen LogP contribution in [-0.2, 0) is 6.54 Å². The van der Waals surface area contributed by atoms with E-state index in [1.54, 1.807) is 6.07 Å². The molecule has 29 heavy (non-hydrogen) atoms. The zero-order valence-corrected chi connectivity index (χ0v) is 17.7. The van der Waals surface area contributed by atoms with E-state index in [-0.39, 0.29) is 5.91 Å². The molecule has 4 rings (SSSR count). The number of nitrogens with zero attached hydrogens (tertiary/aromatic N) is 2. The maximum absolute atomic E-state index is 13.0. The SMILES string of the molecule is O=C(c1ccc(NCc2ccccc2)c(Cl)c1)N1CCC(N2CCCCC2)CC1. The standard InChI is InChI=1S/C24H30ClN3O/c25-22-17-20(9-10-23(22)26-18-19-7-3-1-4-8-19)24(29)28-15-11-21(12-16-28)27-13-5-2-6-14-27/h1,3-4,7-10,17,21,26H,2,5-6,11-16,18H2. The molecule has 0 aromatic heterocycles. The summed E-state index contributed by atoms with van der Waals surface area (Å²) < 4.78 is 0. The lowest BCUT2D eigenvalue weighted by Gasteiger charge is -2.40. The Morgan fingerprint density at radius 2 is 1.69 bits per heavy atom. The molecule has 1 amide bonds. The molecule has 1 N–H and O–H groups in total. The molecule has 2 heterocycles. The lowest BCUT2D eigenvalue weighted by atomic mass is 9.99. The number of carbonyl (C=O) groups is 1. The number of hydrogen-bond acceptors (Lipinski definition) is 3. The summed E-state index contributed by atoms with van der Waals surface area (Å²) in [6.07, 6.45) is 6.17. The molecule has 0 aliphatic carbocycles. The monoisotopic (exact) mass is 411 g/mol. The Labute approximate surface area is 178 Å². The number of halogens is 1. The second-order valence-corrected chi connectivity index (χ2v) is 8.56. The summed E-state index contributed by atoms with van der Waals surface area (Å²) in [7, 11) is 0. The molecule has 2 aromatic rings. The smallest absolute Gasteiger partial charge is 0.253 e. The largest absolute Gasteiger partial charge is 0.380 e. The van der Waals surface area contributed by atoms with Gasteiger partial charge in [0.15, 0.2) is 0 Å². The van der Waals surface area contributed by atoms with Gasteiger partial charge in [-0.1, -0.05) is 48.4 Å². The van der Waals surface area contributed by atoms with Crippen LogP contribution in [0.1, 0.15) is 48.0 Å². The molecule has 2 fully saturated rings. The van der Waals surface area contributed by atoms with Crippen molar-refractivity contribution in [3.63, 3.8) is 0 Å². The molecule has 0 spiro atoms. The maximum Gasteiger partial charge on any atom is 0.253 e. The summed E-state index contributed by atoms with van der Waals surface area (Å²) in [6.45, 7) is 4.84. The fourth-order valence-electron chi connectivity index (χ4n) is 4.48. The second-order valence-electron chi connectivity index (χ2n) is 8.15. The van der Waals surface area contributed by atoms with E-state index in [0.29, 0.717) is 23.2 Å². The summed E-state index contributed by atoms with van der Waals surface area (Å²) in [5, 5.41) is 3.95. The van der Waals surface area contributed by atoms with Crippen LogP contribution in [0.3, 0.4) is 0 Å². The van der Waals surface area contributed by atoms with Crippen molar-refractivity contribution in [3.8, 4) is 0 Å². The van der Waals surface area contributed by atoms with E-state index in [4.69, 9.17) is 11.6 Å². The topological polar surface area (TPSA) is 35.6 Å². The van der Waals surface area contributed by atoms with E-state index < -0.39 is 0 Å². The van der Waals surface area contributed by atoms with Crippen LogP contribution in [0.4, 0.5) is 5.69 Å². The lowest BCUT2D eigenvalue weighted by Crippen LogP contribution is -2.48. The van der Waals surface area contributed by atoms with E-state index in [2.05, 4.69) is 22.3 Å². The third-order valence-corrected chi connectivity index (χ3v) is 6.51. The Kier molecular flexibility index (Phi) is 6.73. The van der Waals surface area contributed by atoms with Gasteiger partial charge >= 0.3 is 0 Å². The summed E-state index contributed by atoms with van der Waals surface area (Å²) in [5.41, 5.74) is 2.73. The van der Waals surface area contributed by atoms with E-state index in [9.17, 15) is 4.79 Å². The minimum absolute atomic E-state index is 0.0959. The van der Waals surface area contributed by atoms with E-state index in [1.807, 2.05) is 35.2 Å². The lowest BCUT2D eigenvalue weighted by molar-refractivity contribution is 0.0590. The highest BCUT2D eigenvalue weighted by Crippen LogP contribution is 2.26. The number of benzene rings is 2. The zero-order valence-electron chi connectivity index (χ0n) is 16.9. The number of nitrogens with one attached hydrogen (secondary N) is 1. The number of rotatable bonds is 5. The maximum atomic E-state index is 13.0. The van der Waals surface area contributed by atoms with Gasteiger partial charge in [0, 0.05) is 31.2 Å². The summed E-state index contributed by atoms with van der Waals surface area (Å²) in [4.78, 5) is 17.6. The number of amides is 1. The summed E-state index contributed by atoms with van der Waals surface area (Å²) in [6, 6.07) is 16.5. The minimum Gasteiger partial charge on any atom is -0.380 e. The van der Waals surface area contributed by atoms with Crippen molar-refractivity contribution in [2.24, 2.45) is 0 Å². The average Bonchev–Trinajstić information content (AvgIpc) is 2.79. The van der Waals surface area contributed by atoms with Crippen LogP contribution >= 0.6 is 11.6 Å². The van der Waals surface area contributed by atoms with Crippen LogP contribution in [0.25, 0.3) is 0 Å². The van der Waals surface area contributed by atoms with Crippen LogP contribution in [0, 0.1) is 0 Å². The van der Waals surface area contributed by atoms with Crippen molar-refractivity contribution in [2.45, 2.75) is 44.7 Å². The molecular formula is C24H30ClN3O. The molecule has 4 nitrogen and oxygen atoms in total. The molecule has 2 aliphatic rings. The second kappa shape index (κ2) is 9.64. The number of carbonyl (C=O) groups excluding carboxylic acids is 1. The molecule has 0 bridgehead atoms. The van der Waals surface area contributed by atoms with Crippen LogP contribution < -0.4 is 5.32 Å². The van der Waals surface area contributed by atoms with Crippen molar-refractivity contribution in [2.75, 3.05) is 31.5 Å². The molecule has 2 aliphatic heterocycles. The summed E-state index contributed by atoms with van der Waals surface area (Å²) in [5.74, 6) is 0.0959. The van der Waals surface area contributed by atoms with Gasteiger partial charge in [0.25, 0.3) is 5.91 Å². The predicted molar refractivity (Wildman–Crippen MR) is 120 cm³/mol. The third-order valence-electron chi connectivity index (χ3n) is 6.20. The third kappa shape index (κ3) is 5.12. The van der Waals surface area contributed by atoms with Gasteiger partial charge in [-0.2, -0.15) is 0 Å². The van der Waals surface area contributed by atoms with Gasteiger partial charge in [0.2, 0.25) is 0 Å². The Balaban J connectivity index is 1.32. The first-order valence-electron chi connectivity index (χ1n) is 10.8. The molecule has 0 unspecified atom stereocenters. The van der Waals surface area contributed by atoms with E-state index in [1.165, 1.54) is 37.9 Å². The van der Waals surface area contributed by atoms with E-state index in [0.717, 1.165) is 31.6 Å². The number of hydrogen-bond donors (Lipinski definition) is 1. The Morgan fingerprint density at radius 3 is 2.38 bits per heavy atom. The zero-order chi connectivity index (χ0) is 20.1. The molecular weight excluding hydrogens is 382 g/mol. The Morgan fingerprint density at radius 1 is 0.966 bits per heavy atom. The van der Waals surface area contributed by atoms with Crippen molar-refractivity contribution >= 4 is 23.2 Å². The van der Waals surface area contributed by atoms with Gasteiger partial charge in [-0.15, -0.1) is 0 Å². The van der Waals surface area contributed by atoms with Crippen molar-refractivity contribution in [1.82, 2.24) is 9.80 Å². The molecule has 0 saturated carbocycles. The van der Waals surface area contributed by atoms with E-state index >= 15 is 0 Å². The summed E-state index contributed by atoms with van der Waals surface area (Å²) >= 11 is 6.46. The van der Waals surface area contributed by atoms with Gasteiger partial charge in [0.05, 0.1) is 10.7 Å². The average molecular weight is 412 g/mol. The fraction of sp³-hybridized carbons (Fsp3) is 0.458. The molecule has 0 radical (unpaired) electrons. The first kappa shape index (κ1) is 20.2. The highest BCUT2D eigenvalue weighted by Gasteiger charge is 2.28. The molecule has 5 heteroatoms. The van der Waals surface area contributed by atoms with Crippen molar-refractivity contribution < 1.29 is 4.79 Å². The highest BCUT2D eigenvalue weighted by atomic mass is 35.5. The Bertz CT molecular complexity index is 812. The number of anilines is 1. The van der Waals surface area contributed by atoms with Gasteiger partial charge in [-0.25, -0.2) is 0 Å². The molecule has 0 atom stereocenters.